The number of nitrogens with one attached hydrogen (secondary N) is 2. The summed E-state index contributed by atoms with van der Waals surface area (Å²) in [7, 11) is 0. The highest BCUT2D eigenvalue weighted by Crippen LogP contribution is 2.23. The number of nitrogens with zero attached hydrogens (tertiary/aromatic N) is 1. The Morgan fingerprint density at radius 3 is 2.53 bits per heavy atom. The quantitative estimate of drug-likeness (QED) is 0.695. The average Bonchev–Trinajstić information content (AvgIpc) is 3.33. The topological polar surface area (TPSA) is 70.7 Å². The molecule has 170 valence electrons. The van der Waals surface area contributed by atoms with Gasteiger partial charge in [-0.1, -0.05) is 36.4 Å². The molecule has 0 aliphatic carbocycles. The number of hydrogen-bond donors (Lipinski definition) is 2. The van der Waals surface area contributed by atoms with Gasteiger partial charge in [-0.05, 0) is 69.0 Å². The Bertz CT molecular complexity index is 931. The molecule has 6 nitrogen and oxygen atoms in total. The molecule has 2 heterocycles. The van der Waals surface area contributed by atoms with Gasteiger partial charge in [-0.25, -0.2) is 0 Å². The van der Waals surface area contributed by atoms with Gasteiger partial charge in [0.1, 0.15) is 0 Å². The van der Waals surface area contributed by atoms with Crippen LogP contribution in [0.1, 0.15) is 47.2 Å². The number of anilines is 1. The number of aryl methyl sites for hydroxylation is 1. The van der Waals surface area contributed by atoms with Crippen LogP contribution in [0.15, 0.2) is 48.5 Å². The number of piperidine rings is 1. The Morgan fingerprint density at radius 1 is 1.03 bits per heavy atom. The lowest BCUT2D eigenvalue weighted by atomic mass is 9.95. The van der Waals surface area contributed by atoms with Crippen molar-refractivity contribution in [1.82, 2.24) is 10.2 Å². The third-order valence-corrected chi connectivity index (χ3v) is 6.56. The van der Waals surface area contributed by atoms with Gasteiger partial charge in [0, 0.05) is 25.6 Å². The molecule has 1 atom stereocenters. The minimum absolute atomic E-state index is 0.0000760. The number of likely N-dealkylation sites (tertiary alicyclic amines) is 1. The summed E-state index contributed by atoms with van der Waals surface area (Å²) in [5, 5.41) is 5.96. The average molecular weight is 436 g/mol. The first-order valence-corrected chi connectivity index (χ1v) is 11.7. The van der Waals surface area contributed by atoms with Crippen LogP contribution in [-0.2, 0) is 16.1 Å². The summed E-state index contributed by atoms with van der Waals surface area (Å²) in [5.41, 5.74) is 3.72. The summed E-state index contributed by atoms with van der Waals surface area (Å²) >= 11 is 0. The van der Waals surface area contributed by atoms with Crippen molar-refractivity contribution >= 4 is 17.5 Å². The molecule has 0 saturated carbocycles. The highest BCUT2D eigenvalue weighted by atomic mass is 16.5. The van der Waals surface area contributed by atoms with E-state index in [0.717, 1.165) is 51.9 Å². The summed E-state index contributed by atoms with van der Waals surface area (Å²) in [6.45, 7) is 6.13. The van der Waals surface area contributed by atoms with Crippen molar-refractivity contribution in [2.75, 3.05) is 31.6 Å². The third-order valence-electron chi connectivity index (χ3n) is 6.56. The number of para-hydroxylation sites is 1. The molecule has 2 aliphatic heterocycles. The van der Waals surface area contributed by atoms with E-state index in [1.807, 2.05) is 12.1 Å². The molecule has 4 rings (SSSR count). The minimum Gasteiger partial charge on any atom is -0.376 e. The van der Waals surface area contributed by atoms with E-state index in [9.17, 15) is 9.59 Å². The monoisotopic (exact) mass is 435 g/mol. The lowest BCUT2D eigenvalue weighted by Gasteiger charge is -2.31. The molecule has 6 heteroatoms. The normalized spacial score (nSPS) is 19.6. The molecule has 0 aromatic heterocycles. The van der Waals surface area contributed by atoms with E-state index in [0.29, 0.717) is 17.8 Å². The fourth-order valence-corrected chi connectivity index (χ4v) is 4.51. The smallest absolute Gasteiger partial charge is 0.253 e. The van der Waals surface area contributed by atoms with Crippen LogP contribution in [0.5, 0.6) is 0 Å². The van der Waals surface area contributed by atoms with Gasteiger partial charge in [0.25, 0.3) is 5.91 Å². The lowest BCUT2D eigenvalue weighted by molar-refractivity contribution is -0.121. The first-order chi connectivity index (χ1) is 15.6. The first kappa shape index (κ1) is 22.5. The maximum Gasteiger partial charge on any atom is 0.253 e. The molecule has 2 saturated heterocycles. The van der Waals surface area contributed by atoms with Crippen LogP contribution < -0.4 is 10.6 Å². The zero-order chi connectivity index (χ0) is 22.3. The Labute approximate surface area is 190 Å². The SMILES string of the molecule is Cc1ccccc1CN1CCC(C(=O)Nc2ccccc2C(=O)NC[C@H]2CCCO2)CC1. The zero-order valence-electron chi connectivity index (χ0n) is 18.8. The zero-order valence-corrected chi connectivity index (χ0v) is 18.8. The maximum atomic E-state index is 12.9. The van der Waals surface area contributed by atoms with E-state index in [2.05, 4.69) is 46.7 Å². The van der Waals surface area contributed by atoms with Gasteiger partial charge in [0.05, 0.1) is 17.4 Å². The van der Waals surface area contributed by atoms with Crippen molar-refractivity contribution in [3.8, 4) is 0 Å². The van der Waals surface area contributed by atoms with Crippen LogP contribution in [0, 0.1) is 12.8 Å². The van der Waals surface area contributed by atoms with E-state index in [1.54, 1.807) is 12.1 Å². The molecule has 2 N–H and O–H groups in total. The number of ether oxygens (including phenoxy) is 1. The van der Waals surface area contributed by atoms with Crippen molar-refractivity contribution in [3.63, 3.8) is 0 Å². The summed E-state index contributed by atoms with van der Waals surface area (Å²) in [4.78, 5) is 28.1. The predicted molar refractivity (Wildman–Crippen MR) is 126 cm³/mol. The van der Waals surface area contributed by atoms with Crippen molar-refractivity contribution in [1.29, 1.82) is 0 Å². The summed E-state index contributed by atoms with van der Waals surface area (Å²) in [6.07, 6.45) is 3.75. The molecular weight excluding hydrogens is 402 g/mol. The Kier molecular flexibility index (Phi) is 7.55. The molecule has 2 aromatic carbocycles. The minimum atomic E-state index is -0.176. The highest BCUT2D eigenvalue weighted by Gasteiger charge is 2.26. The van der Waals surface area contributed by atoms with Gasteiger partial charge in [-0.2, -0.15) is 0 Å². The highest BCUT2D eigenvalue weighted by molar-refractivity contribution is 6.04. The molecule has 0 spiro atoms. The molecule has 2 amide bonds. The third kappa shape index (κ3) is 5.75. The van der Waals surface area contributed by atoms with E-state index in [-0.39, 0.29) is 23.8 Å². The Balaban J connectivity index is 1.29. The molecular formula is C26H33N3O3. The van der Waals surface area contributed by atoms with Crippen molar-refractivity contribution in [2.45, 2.75) is 45.3 Å². The first-order valence-electron chi connectivity index (χ1n) is 11.7. The van der Waals surface area contributed by atoms with Crippen LogP contribution in [0.3, 0.4) is 0 Å². The number of hydrogen-bond acceptors (Lipinski definition) is 4. The second kappa shape index (κ2) is 10.7. The summed E-state index contributed by atoms with van der Waals surface area (Å²) in [5.74, 6) is -0.213. The molecule has 32 heavy (non-hydrogen) atoms. The Hall–Kier alpha value is -2.70. The van der Waals surface area contributed by atoms with Gasteiger partial charge in [0.2, 0.25) is 5.91 Å². The van der Waals surface area contributed by atoms with Crippen LogP contribution in [0.4, 0.5) is 5.69 Å². The molecule has 0 radical (unpaired) electrons. The molecule has 0 unspecified atom stereocenters. The van der Waals surface area contributed by atoms with Crippen LogP contribution >= 0.6 is 0 Å². The lowest BCUT2D eigenvalue weighted by Crippen LogP contribution is -2.38. The van der Waals surface area contributed by atoms with Gasteiger partial charge in [-0.15, -0.1) is 0 Å². The molecule has 2 fully saturated rings. The van der Waals surface area contributed by atoms with Gasteiger partial charge in [-0.3, -0.25) is 14.5 Å². The van der Waals surface area contributed by atoms with Gasteiger partial charge in [0.15, 0.2) is 0 Å². The van der Waals surface area contributed by atoms with Crippen molar-refractivity contribution in [2.24, 2.45) is 5.92 Å². The van der Waals surface area contributed by atoms with Gasteiger partial charge < -0.3 is 15.4 Å². The number of rotatable bonds is 7. The summed E-state index contributed by atoms with van der Waals surface area (Å²) in [6, 6.07) is 15.7. The van der Waals surface area contributed by atoms with E-state index >= 15 is 0 Å². The van der Waals surface area contributed by atoms with E-state index in [1.165, 1.54) is 11.1 Å². The van der Waals surface area contributed by atoms with E-state index < -0.39 is 0 Å². The fourth-order valence-electron chi connectivity index (χ4n) is 4.51. The second-order valence-corrected chi connectivity index (χ2v) is 8.86. The Morgan fingerprint density at radius 2 is 1.78 bits per heavy atom. The van der Waals surface area contributed by atoms with Crippen LogP contribution in [-0.4, -0.2) is 49.1 Å². The van der Waals surface area contributed by atoms with Crippen molar-refractivity contribution < 1.29 is 14.3 Å². The second-order valence-electron chi connectivity index (χ2n) is 8.86. The van der Waals surface area contributed by atoms with Gasteiger partial charge >= 0.3 is 0 Å². The summed E-state index contributed by atoms with van der Waals surface area (Å²) < 4.78 is 5.58. The van der Waals surface area contributed by atoms with Crippen LogP contribution in [0.2, 0.25) is 0 Å². The van der Waals surface area contributed by atoms with E-state index in [4.69, 9.17) is 4.74 Å². The maximum absolute atomic E-state index is 12.9. The molecule has 2 aromatic rings. The largest absolute Gasteiger partial charge is 0.376 e. The fraction of sp³-hybridized carbons (Fsp3) is 0.462. The standard InChI is InChI=1S/C26H33N3O3/c1-19-7-2-3-8-21(19)18-29-14-12-20(13-15-29)25(30)28-24-11-5-4-10-23(24)26(31)27-17-22-9-6-16-32-22/h2-5,7-8,10-11,20,22H,6,9,12-18H2,1H3,(H,27,31)(H,28,30)/t22-/m1/s1. The number of carbonyl (C=O) groups excluding carboxylic acids is 2. The molecule has 2 aliphatic rings. The van der Waals surface area contributed by atoms with Crippen molar-refractivity contribution in [3.05, 3.63) is 65.2 Å². The predicted octanol–water partition coefficient (Wildman–Crippen LogP) is 3.75. The number of carbonyl (C=O) groups is 2. The molecule has 0 bridgehead atoms. The van der Waals surface area contributed by atoms with Crippen LogP contribution in [0.25, 0.3) is 0 Å². The number of benzene rings is 2. The number of amides is 2.